The molecule has 1 aromatic heterocycles. The van der Waals surface area contributed by atoms with Crippen molar-refractivity contribution < 1.29 is 15.1 Å². The number of hydrogen-bond donors (Lipinski definition) is 4. The molecule has 0 radical (unpaired) electrons. The summed E-state index contributed by atoms with van der Waals surface area (Å²) in [6.07, 6.45) is 2.26. The zero-order valence-electron chi connectivity index (χ0n) is 10.5. The summed E-state index contributed by atoms with van der Waals surface area (Å²) in [6, 6.07) is 3.90. The summed E-state index contributed by atoms with van der Waals surface area (Å²) in [4.78, 5) is 17.3. The second-order valence-electron chi connectivity index (χ2n) is 3.83. The molecule has 5 N–H and O–H groups in total. The van der Waals surface area contributed by atoms with Crippen molar-refractivity contribution in [2.45, 2.75) is 0 Å². The van der Waals surface area contributed by atoms with E-state index in [4.69, 9.17) is 10.8 Å². The lowest BCUT2D eigenvalue weighted by molar-refractivity contribution is -0.383. The third kappa shape index (κ3) is 3.12. The van der Waals surface area contributed by atoms with Crippen LogP contribution in [-0.2, 0) is 0 Å². The van der Waals surface area contributed by atoms with Crippen LogP contribution in [0.3, 0.4) is 0 Å². The predicted molar refractivity (Wildman–Crippen MR) is 74.1 cm³/mol. The summed E-state index contributed by atoms with van der Waals surface area (Å²) in [5, 5.41) is 33.3. The van der Waals surface area contributed by atoms with Gasteiger partial charge in [0.25, 0.3) is 0 Å². The number of hydrogen-bond acceptors (Lipinski definition) is 9. The molecule has 1 aromatic carbocycles. The van der Waals surface area contributed by atoms with Gasteiger partial charge in [0, 0.05) is 11.6 Å². The quantitative estimate of drug-likeness (QED) is 0.365. The molecular formula is C11H10N6O4. The number of phenolic OH excluding ortho intramolecular Hbond substituents is 2. The van der Waals surface area contributed by atoms with Crippen molar-refractivity contribution in [3.05, 3.63) is 40.2 Å². The van der Waals surface area contributed by atoms with Crippen molar-refractivity contribution in [1.29, 1.82) is 0 Å². The highest BCUT2D eigenvalue weighted by atomic mass is 16.6. The molecular weight excluding hydrogens is 280 g/mol. The molecule has 0 aliphatic heterocycles. The first-order chi connectivity index (χ1) is 9.99. The molecule has 0 bridgehead atoms. The fourth-order valence-corrected chi connectivity index (χ4v) is 1.46. The summed E-state index contributed by atoms with van der Waals surface area (Å²) < 4.78 is 0. The number of nitrogens with one attached hydrogen (secondary N) is 1. The molecule has 108 valence electrons. The fourth-order valence-electron chi connectivity index (χ4n) is 1.46. The van der Waals surface area contributed by atoms with Gasteiger partial charge in [-0.05, 0) is 12.1 Å². The summed E-state index contributed by atoms with van der Waals surface area (Å²) in [7, 11) is 0. The van der Waals surface area contributed by atoms with E-state index in [2.05, 4.69) is 20.5 Å². The summed E-state index contributed by atoms with van der Waals surface area (Å²) in [5.41, 5.74) is 7.54. The minimum absolute atomic E-state index is 0.100. The van der Waals surface area contributed by atoms with Crippen LogP contribution in [0, 0.1) is 10.1 Å². The normalized spacial score (nSPS) is 10.7. The van der Waals surface area contributed by atoms with Crippen LogP contribution in [0.2, 0.25) is 0 Å². The van der Waals surface area contributed by atoms with Gasteiger partial charge in [0.2, 0.25) is 11.6 Å². The van der Waals surface area contributed by atoms with Crippen LogP contribution in [-0.4, -0.2) is 31.3 Å². The van der Waals surface area contributed by atoms with E-state index >= 15 is 0 Å². The summed E-state index contributed by atoms with van der Waals surface area (Å²) >= 11 is 0. The number of nitrogens with two attached hydrogens (primary N) is 1. The van der Waals surface area contributed by atoms with Gasteiger partial charge in [-0.15, -0.1) is 0 Å². The smallest absolute Gasteiger partial charge is 0.354 e. The van der Waals surface area contributed by atoms with Gasteiger partial charge in [0.1, 0.15) is 17.8 Å². The number of nitrogen functional groups attached to an aromatic ring is 1. The molecule has 10 nitrogen and oxygen atoms in total. The number of nitro groups is 1. The molecule has 2 aromatic rings. The number of benzene rings is 1. The first-order valence-electron chi connectivity index (χ1n) is 5.55. The number of rotatable bonds is 4. The monoisotopic (exact) mass is 290 g/mol. The lowest BCUT2D eigenvalue weighted by Gasteiger charge is -2.02. The van der Waals surface area contributed by atoms with E-state index in [-0.39, 0.29) is 23.1 Å². The Labute approximate surface area is 117 Å². The van der Waals surface area contributed by atoms with Gasteiger partial charge in [-0.2, -0.15) is 5.10 Å². The van der Waals surface area contributed by atoms with Crippen LogP contribution in [0.4, 0.5) is 17.3 Å². The maximum atomic E-state index is 10.9. The average Bonchev–Trinajstić information content (AvgIpc) is 2.41. The van der Waals surface area contributed by atoms with Crippen molar-refractivity contribution >= 4 is 23.5 Å². The summed E-state index contributed by atoms with van der Waals surface area (Å²) in [5.74, 6) is -0.767. The number of anilines is 2. The average molecular weight is 290 g/mol. The standard InChI is InChI=1S/C11H10N6O4/c12-10-9(17(20)21)11(14-5-13-10)16-15-4-6-1-2-7(18)3-8(6)19/h1-5,18-19H,(H3,12,13,14,16)/b15-4-. The van der Waals surface area contributed by atoms with E-state index in [1.54, 1.807) is 0 Å². The van der Waals surface area contributed by atoms with Gasteiger partial charge in [-0.25, -0.2) is 9.97 Å². The molecule has 10 heteroatoms. The second-order valence-corrected chi connectivity index (χ2v) is 3.83. The Morgan fingerprint density at radius 3 is 2.81 bits per heavy atom. The third-order valence-corrected chi connectivity index (χ3v) is 2.42. The van der Waals surface area contributed by atoms with E-state index in [0.717, 1.165) is 12.4 Å². The Morgan fingerprint density at radius 1 is 1.38 bits per heavy atom. The fraction of sp³-hybridized carbons (Fsp3) is 0. The highest BCUT2D eigenvalue weighted by Crippen LogP contribution is 2.26. The van der Waals surface area contributed by atoms with Crippen molar-refractivity contribution in [3.63, 3.8) is 0 Å². The maximum Gasteiger partial charge on any atom is 0.354 e. The Bertz CT molecular complexity index is 718. The number of phenols is 2. The molecule has 21 heavy (non-hydrogen) atoms. The minimum atomic E-state index is -0.731. The van der Waals surface area contributed by atoms with Gasteiger partial charge in [0.15, 0.2) is 0 Å². The molecule has 0 spiro atoms. The summed E-state index contributed by atoms with van der Waals surface area (Å²) in [6.45, 7) is 0. The van der Waals surface area contributed by atoms with Crippen molar-refractivity contribution in [2.24, 2.45) is 5.10 Å². The zero-order chi connectivity index (χ0) is 15.4. The predicted octanol–water partition coefficient (Wildman–Crippen LogP) is 0.824. The largest absolute Gasteiger partial charge is 0.508 e. The molecule has 0 aliphatic carbocycles. The molecule has 2 rings (SSSR count). The third-order valence-electron chi connectivity index (χ3n) is 2.42. The topological polar surface area (TPSA) is 160 Å². The van der Waals surface area contributed by atoms with Crippen LogP contribution < -0.4 is 11.2 Å². The maximum absolute atomic E-state index is 10.9. The molecule has 0 unspecified atom stereocenters. The Morgan fingerprint density at radius 2 is 2.14 bits per heavy atom. The van der Waals surface area contributed by atoms with E-state index in [1.807, 2.05) is 0 Å². The van der Waals surface area contributed by atoms with Gasteiger partial charge in [-0.3, -0.25) is 15.5 Å². The molecule has 0 fully saturated rings. The van der Waals surface area contributed by atoms with Crippen molar-refractivity contribution in [3.8, 4) is 11.5 Å². The Hall–Kier alpha value is -3.43. The molecule has 0 atom stereocenters. The number of nitrogens with zero attached hydrogens (tertiary/aromatic N) is 4. The van der Waals surface area contributed by atoms with Gasteiger partial charge in [0.05, 0.1) is 11.1 Å². The van der Waals surface area contributed by atoms with Gasteiger partial charge in [-0.1, -0.05) is 0 Å². The van der Waals surface area contributed by atoms with Gasteiger partial charge >= 0.3 is 5.69 Å². The van der Waals surface area contributed by atoms with Gasteiger partial charge < -0.3 is 15.9 Å². The number of aromatic nitrogens is 2. The molecule has 0 saturated carbocycles. The Kier molecular flexibility index (Phi) is 3.79. The number of aromatic hydroxyl groups is 2. The SMILES string of the molecule is Nc1ncnc(N/N=C\c2ccc(O)cc2O)c1[N+](=O)[O-]. The van der Waals surface area contributed by atoms with E-state index < -0.39 is 10.6 Å². The van der Waals surface area contributed by atoms with Crippen LogP contribution in [0.5, 0.6) is 11.5 Å². The second kappa shape index (κ2) is 5.69. The van der Waals surface area contributed by atoms with Crippen LogP contribution >= 0.6 is 0 Å². The lowest BCUT2D eigenvalue weighted by atomic mass is 10.2. The van der Waals surface area contributed by atoms with E-state index in [1.165, 1.54) is 18.3 Å². The molecule has 0 amide bonds. The number of hydrazone groups is 1. The van der Waals surface area contributed by atoms with Crippen molar-refractivity contribution in [1.82, 2.24) is 9.97 Å². The molecule has 1 heterocycles. The molecule has 0 saturated heterocycles. The zero-order valence-corrected chi connectivity index (χ0v) is 10.5. The van der Waals surface area contributed by atoms with Crippen LogP contribution in [0.1, 0.15) is 5.56 Å². The van der Waals surface area contributed by atoms with Crippen molar-refractivity contribution in [2.75, 3.05) is 11.2 Å². The molecule has 0 aliphatic rings. The van der Waals surface area contributed by atoms with E-state index in [0.29, 0.717) is 5.56 Å². The first-order valence-corrected chi connectivity index (χ1v) is 5.55. The minimum Gasteiger partial charge on any atom is -0.508 e. The van der Waals surface area contributed by atoms with E-state index in [9.17, 15) is 15.2 Å². The first kappa shape index (κ1) is 14.0. The van der Waals surface area contributed by atoms with Crippen LogP contribution in [0.15, 0.2) is 29.6 Å². The highest BCUT2D eigenvalue weighted by Gasteiger charge is 2.20. The Balaban J connectivity index is 2.22. The van der Waals surface area contributed by atoms with Crippen LogP contribution in [0.25, 0.3) is 0 Å². The highest BCUT2D eigenvalue weighted by molar-refractivity contribution is 5.84. The lowest BCUT2D eigenvalue weighted by Crippen LogP contribution is -2.04.